The molecule has 1 aromatic carbocycles. The first-order valence-electron chi connectivity index (χ1n) is 6.04. The van der Waals surface area contributed by atoms with Gasteiger partial charge in [0, 0.05) is 23.1 Å². The number of nitrogens with one attached hydrogen (secondary N) is 2. The van der Waals surface area contributed by atoms with E-state index in [4.69, 9.17) is 16.3 Å². The van der Waals surface area contributed by atoms with Gasteiger partial charge in [-0.15, -0.1) is 0 Å². The van der Waals surface area contributed by atoms with Crippen LogP contribution in [0.4, 0.5) is 0 Å². The average molecular weight is 281 g/mol. The van der Waals surface area contributed by atoms with Crippen LogP contribution in [-0.4, -0.2) is 23.6 Å². The Morgan fingerprint density at radius 2 is 2.11 bits per heavy atom. The van der Waals surface area contributed by atoms with Gasteiger partial charge in [0.1, 0.15) is 5.54 Å². The molecule has 102 valence electrons. The highest BCUT2D eigenvalue weighted by atomic mass is 35.5. The first kappa shape index (κ1) is 13.9. The molecule has 0 bridgehead atoms. The minimum Gasteiger partial charge on any atom is -0.468 e. The maximum Gasteiger partial charge on any atom is 0.325 e. The molecule has 1 aromatic heterocycles. The Morgan fingerprint density at radius 1 is 1.42 bits per heavy atom. The number of fused-ring (bicyclic) bond motifs is 1. The summed E-state index contributed by atoms with van der Waals surface area (Å²) in [5, 5.41) is 4.80. The van der Waals surface area contributed by atoms with Gasteiger partial charge in [0.05, 0.1) is 12.1 Å². The third kappa shape index (κ3) is 2.74. The number of ether oxygens (including phenoxy) is 1. The van der Waals surface area contributed by atoms with Gasteiger partial charge >= 0.3 is 5.97 Å². The number of carbonyl (C=O) groups excluding carboxylic acids is 1. The van der Waals surface area contributed by atoms with Gasteiger partial charge in [0.15, 0.2) is 0 Å². The van der Waals surface area contributed by atoms with E-state index in [0.717, 1.165) is 16.6 Å². The van der Waals surface area contributed by atoms with E-state index in [1.54, 1.807) is 13.8 Å². The highest BCUT2D eigenvalue weighted by Gasteiger charge is 2.28. The summed E-state index contributed by atoms with van der Waals surface area (Å²) in [7, 11) is 1.38. The van der Waals surface area contributed by atoms with Crippen LogP contribution < -0.4 is 5.32 Å². The van der Waals surface area contributed by atoms with Crippen molar-refractivity contribution in [1.29, 1.82) is 0 Å². The Morgan fingerprint density at radius 3 is 2.74 bits per heavy atom. The molecule has 0 amide bonds. The van der Waals surface area contributed by atoms with Crippen molar-refractivity contribution in [1.82, 2.24) is 10.3 Å². The van der Waals surface area contributed by atoms with Crippen molar-refractivity contribution >= 4 is 28.5 Å². The Bertz CT molecular complexity index is 605. The summed E-state index contributed by atoms with van der Waals surface area (Å²) in [6.45, 7) is 4.01. The summed E-state index contributed by atoms with van der Waals surface area (Å²) in [5.41, 5.74) is 1.09. The molecule has 4 nitrogen and oxygen atoms in total. The summed E-state index contributed by atoms with van der Waals surface area (Å²) in [6.07, 6.45) is 0. The predicted octanol–water partition coefficient (Wildman–Crippen LogP) is 2.86. The zero-order valence-corrected chi connectivity index (χ0v) is 12.0. The Kier molecular flexibility index (Phi) is 3.83. The van der Waals surface area contributed by atoms with Gasteiger partial charge in [0.25, 0.3) is 0 Å². The van der Waals surface area contributed by atoms with Crippen molar-refractivity contribution in [3.8, 4) is 0 Å². The number of hydrogen-bond donors (Lipinski definition) is 2. The number of H-pyrrole nitrogens is 1. The van der Waals surface area contributed by atoms with Crippen molar-refractivity contribution < 1.29 is 9.53 Å². The molecule has 5 heteroatoms. The van der Waals surface area contributed by atoms with E-state index in [0.29, 0.717) is 11.6 Å². The molecule has 0 radical (unpaired) electrons. The van der Waals surface area contributed by atoms with Gasteiger partial charge < -0.3 is 9.72 Å². The van der Waals surface area contributed by atoms with Crippen LogP contribution in [0.15, 0.2) is 24.3 Å². The number of hydrogen-bond acceptors (Lipinski definition) is 3. The molecule has 0 saturated carbocycles. The average Bonchev–Trinajstić information content (AvgIpc) is 2.73. The number of carbonyl (C=O) groups is 1. The molecule has 2 N–H and O–H groups in total. The molecule has 0 unspecified atom stereocenters. The summed E-state index contributed by atoms with van der Waals surface area (Å²) in [4.78, 5) is 14.8. The number of rotatable bonds is 4. The van der Waals surface area contributed by atoms with Gasteiger partial charge in [-0.1, -0.05) is 29.8 Å². The second-order valence-electron chi connectivity index (χ2n) is 4.93. The standard InChI is InChI=1S/C14H17ClN2O2/c1-14(2,13(18)19-3)16-8-11-12(15)9-6-4-5-7-10(9)17-11/h4-7,16-17H,8H2,1-3H3. The van der Waals surface area contributed by atoms with Crippen molar-refractivity contribution in [2.45, 2.75) is 25.9 Å². The van der Waals surface area contributed by atoms with Crippen molar-refractivity contribution in [3.63, 3.8) is 0 Å². The minimum absolute atomic E-state index is 0.306. The smallest absolute Gasteiger partial charge is 0.325 e. The fraction of sp³-hybridized carbons (Fsp3) is 0.357. The number of esters is 1. The summed E-state index contributed by atoms with van der Waals surface area (Å²) in [6, 6.07) is 7.82. The summed E-state index contributed by atoms with van der Waals surface area (Å²) in [5.74, 6) is -0.306. The Labute approximate surface area is 117 Å². The lowest BCUT2D eigenvalue weighted by Crippen LogP contribution is -2.47. The number of aromatic nitrogens is 1. The van der Waals surface area contributed by atoms with E-state index < -0.39 is 5.54 Å². The third-order valence-electron chi connectivity index (χ3n) is 3.12. The molecular weight excluding hydrogens is 264 g/mol. The highest BCUT2D eigenvalue weighted by molar-refractivity contribution is 6.36. The fourth-order valence-electron chi connectivity index (χ4n) is 1.92. The number of benzene rings is 1. The van der Waals surface area contributed by atoms with Crippen LogP contribution in [0.3, 0.4) is 0 Å². The van der Waals surface area contributed by atoms with Gasteiger partial charge in [-0.05, 0) is 19.9 Å². The number of methoxy groups -OCH3 is 1. The third-order valence-corrected chi connectivity index (χ3v) is 3.55. The first-order valence-corrected chi connectivity index (χ1v) is 6.42. The van der Waals surface area contributed by atoms with Crippen LogP contribution in [0.2, 0.25) is 5.02 Å². The maximum atomic E-state index is 11.6. The van der Waals surface area contributed by atoms with Crippen molar-refractivity contribution in [3.05, 3.63) is 35.0 Å². The molecular formula is C14H17ClN2O2. The van der Waals surface area contributed by atoms with E-state index in [-0.39, 0.29) is 5.97 Å². The molecule has 0 aliphatic carbocycles. The van der Waals surface area contributed by atoms with Gasteiger partial charge in [-0.2, -0.15) is 0 Å². The van der Waals surface area contributed by atoms with Crippen LogP contribution in [0, 0.1) is 0 Å². The zero-order valence-electron chi connectivity index (χ0n) is 11.2. The van der Waals surface area contributed by atoms with E-state index in [9.17, 15) is 4.79 Å². The second kappa shape index (κ2) is 5.23. The fourth-order valence-corrected chi connectivity index (χ4v) is 2.20. The van der Waals surface area contributed by atoms with Crippen LogP contribution in [0.1, 0.15) is 19.5 Å². The second-order valence-corrected chi connectivity index (χ2v) is 5.31. The highest BCUT2D eigenvalue weighted by Crippen LogP contribution is 2.27. The molecule has 0 atom stereocenters. The maximum absolute atomic E-state index is 11.6. The normalized spacial score (nSPS) is 11.8. The monoisotopic (exact) mass is 280 g/mol. The van der Waals surface area contributed by atoms with Crippen LogP contribution in [0.25, 0.3) is 10.9 Å². The number of para-hydroxylation sites is 1. The zero-order chi connectivity index (χ0) is 14.0. The molecule has 0 fully saturated rings. The van der Waals surface area contributed by atoms with Crippen LogP contribution >= 0.6 is 11.6 Å². The van der Waals surface area contributed by atoms with Crippen LogP contribution in [0.5, 0.6) is 0 Å². The quantitative estimate of drug-likeness (QED) is 0.847. The molecule has 0 spiro atoms. The van der Waals surface area contributed by atoms with Gasteiger partial charge in [-0.25, -0.2) is 0 Å². The van der Waals surface area contributed by atoms with Gasteiger partial charge in [-0.3, -0.25) is 10.1 Å². The molecule has 2 aromatic rings. The first-order chi connectivity index (χ1) is 8.95. The molecule has 19 heavy (non-hydrogen) atoms. The van der Waals surface area contributed by atoms with Crippen molar-refractivity contribution in [2.24, 2.45) is 0 Å². The lowest BCUT2D eigenvalue weighted by atomic mass is 10.1. The van der Waals surface area contributed by atoms with Crippen molar-refractivity contribution in [2.75, 3.05) is 7.11 Å². The summed E-state index contributed by atoms with van der Waals surface area (Å²) >= 11 is 6.31. The lowest BCUT2D eigenvalue weighted by Gasteiger charge is -2.22. The van der Waals surface area contributed by atoms with E-state index in [1.807, 2.05) is 24.3 Å². The number of aromatic amines is 1. The topological polar surface area (TPSA) is 54.1 Å². The van der Waals surface area contributed by atoms with E-state index >= 15 is 0 Å². The molecule has 1 heterocycles. The Hall–Kier alpha value is -1.52. The molecule has 0 aliphatic heterocycles. The lowest BCUT2D eigenvalue weighted by molar-refractivity contribution is -0.147. The molecule has 0 saturated heterocycles. The van der Waals surface area contributed by atoms with E-state index in [2.05, 4.69) is 10.3 Å². The summed E-state index contributed by atoms with van der Waals surface area (Å²) < 4.78 is 4.75. The molecule has 0 aliphatic rings. The van der Waals surface area contributed by atoms with E-state index in [1.165, 1.54) is 7.11 Å². The SMILES string of the molecule is COC(=O)C(C)(C)NCc1[nH]c2ccccc2c1Cl. The largest absolute Gasteiger partial charge is 0.468 e. The van der Waals surface area contributed by atoms with Crippen LogP contribution in [-0.2, 0) is 16.1 Å². The predicted molar refractivity (Wildman–Crippen MR) is 76.2 cm³/mol. The minimum atomic E-state index is -0.755. The number of halogens is 1. The van der Waals surface area contributed by atoms with Gasteiger partial charge in [0.2, 0.25) is 0 Å². The molecule has 2 rings (SSSR count). The Balaban J connectivity index is 2.18.